The monoisotopic (exact) mass is 436 g/mol. The zero-order valence-corrected chi connectivity index (χ0v) is 19.4. The van der Waals surface area contributed by atoms with Crippen molar-refractivity contribution < 1.29 is 14.3 Å². The van der Waals surface area contributed by atoms with Gasteiger partial charge in [-0.15, -0.1) is 0 Å². The summed E-state index contributed by atoms with van der Waals surface area (Å²) in [7, 11) is 3.86. The van der Waals surface area contributed by atoms with Crippen LogP contribution >= 0.6 is 0 Å². The summed E-state index contributed by atoms with van der Waals surface area (Å²) in [5.41, 5.74) is 3.17. The van der Waals surface area contributed by atoms with E-state index < -0.39 is 0 Å². The Morgan fingerprint density at radius 2 is 1.88 bits per heavy atom. The number of piperidine rings is 1. The summed E-state index contributed by atoms with van der Waals surface area (Å²) in [5.74, 6) is 1.11. The Bertz CT molecular complexity index is 899. The minimum absolute atomic E-state index is 0.233. The Labute approximate surface area is 192 Å². The number of hydrogen-bond acceptors (Lipinski definition) is 4. The number of amides is 1. The number of rotatable bonds is 7. The smallest absolute Gasteiger partial charge is 0.226 e. The fourth-order valence-electron chi connectivity index (χ4n) is 5.01. The Hall–Kier alpha value is -2.37. The third-order valence-corrected chi connectivity index (χ3v) is 7.22. The van der Waals surface area contributed by atoms with E-state index in [1.165, 1.54) is 5.56 Å². The highest BCUT2D eigenvalue weighted by Crippen LogP contribution is 2.37. The molecule has 0 radical (unpaired) electrons. The van der Waals surface area contributed by atoms with Crippen molar-refractivity contribution in [2.75, 3.05) is 40.5 Å². The van der Waals surface area contributed by atoms with Crippen LogP contribution in [0.15, 0.2) is 48.5 Å². The molecule has 0 bridgehead atoms. The number of carbonyl (C=O) groups excluding carboxylic acids is 1. The molecule has 1 amide bonds. The normalized spacial score (nSPS) is 19.4. The van der Waals surface area contributed by atoms with Crippen LogP contribution in [-0.4, -0.2) is 57.3 Å². The molecular weight excluding hydrogens is 400 g/mol. The van der Waals surface area contributed by atoms with Gasteiger partial charge in [0.1, 0.15) is 5.75 Å². The lowest BCUT2D eigenvalue weighted by molar-refractivity contribution is -0.138. The van der Waals surface area contributed by atoms with Gasteiger partial charge in [-0.25, -0.2) is 0 Å². The van der Waals surface area contributed by atoms with Crippen molar-refractivity contribution in [3.8, 4) is 16.9 Å². The number of para-hydroxylation sites is 1. The molecule has 0 aliphatic carbocycles. The van der Waals surface area contributed by atoms with Crippen molar-refractivity contribution in [2.45, 2.75) is 44.6 Å². The average molecular weight is 437 g/mol. The van der Waals surface area contributed by atoms with Gasteiger partial charge < -0.3 is 19.7 Å². The van der Waals surface area contributed by atoms with Crippen LogP contribution < -0.4 is 10.1 Å². The number of benzene rings is 2. The number of methoxy groups -OCH3 is 1. The number of carbonyl (C=O) groups is 1. The lowest BCUT2D eigenvalue weighted by atomic mass is 9.74. The van der Waals surface area contributed by atoms with Crippen molar-refractivity contribution in [3.05, 3.63) is 54.1 Å². The Balaban J connectivity index is 1.46. The van der Waals surface area contributed by atoms with Gasteiger partial charge >= 0.3 is 0 Å². The molecule has 32 heavy (non-hydrogen) atoms. The van der Waals surface area contributed by atoms with E-state index in [2.05, 4.69) is 47.6 Å². The molecule has 2 heterocycles. The molecule has 0 atom stereocenters. The van der Waals surface area contributed by atoms with Gasteiger partial charge in [-0.05, 0) is 75.9 Å². The first kappa shape index (κ1) is 22.8. The lowest BCUT2D eigenvalue weighted by Gasteiger charge is -2.38. The highest BCUT2D eigenvalue weighted by Gasteiger charge is 2.40. The SMILES string of the molecule is COc1ccccc1-c1cccc(CCC2(C(=O)NC3CCN(C)CC3)CCOCC2)c1. The summed E-state index contributed by atoms with van der Waals surface area (Å²) in [6, 6.07) is 17.0. The van der Waals surface area contributed by atoms with Gasteiger partial charge in [0, 0.05) is 24.8 Å². The van der Waals surface area contributed by atoms with Crippen molar-refractivity contribution in [2.24, 2.45) is 5.41 Å². The van der Waals surface area contributed by atoms with Crippen LogP contribution in [-0.2, 0) is 16.0 Å². The van der Waals surface area contributed by atoms with Gasteiger partial charge in [0.25, 0.3) is 0 Å². The summed E-state index contributed by atoms with van der Waals surface area (Å²) in [4.78, 5) is 15.8. The molecule has 2 aromatic rings. The van der Waals surface area contributed by atoms with Gasteiger partial charge in [0.15, 0.2) is 0 Å². The van der Waals surface area contributed by atoms with E-state index in [0.717, 1.165) is 68.5 Å². The largest absolute Gasteiger partial charge is 0.496 e. The molecule has 2 saturated heterocycles. The average Bonchev–Trinajstić information content (AvgIpc) is 2.85. The zero-order chi connectivity index (χ0) is 22.4. The van der Waals surface area contributed by atoms with E-state index >= 15 is 0 Å². The van der Waals surface area contributed by atoms with Gasteiger partial charge in [0.05, 0.1) is 12.5 Å². The Morgan fingerprint density at radius 3 is 2.62 bits per heavy atom. The number of nitrogens with zero attached hydrogens (tertiary/aromatic N) is 1. The maximum absolute atomic E-state index is 13.5. The molecule has 0 saturated carbocycles. The second-order valence-corrected chi connectivity index (χ2v) is 9.34. The highest BCUT2D eigenvalue weighted by molar-refractivity contribution is 5.83. The molecule has 172 valence electrons. The van der Waals surface area contributed by atoms with E-state index in [-0.39, 0.29) is 11.3 Å². The van der Waals surface area contributed by atoms with Crippen LogP contribution in [0, 0.1) is 5.41 Å². The molecule has 1 N–H and O–H groups in total. The summed E-state index contributed by atoms with van der Waals surface area (Å²) >= 11 is 0. The minimum atomic E-state index is -0.331. The van der Waals surface area contributed by atoms with Crippen molar-refractivity contribution >= 4 is 5.91 Å². The second-order valence-electron chi connectivity index (χ2n) is 9.34. The fourth-order valence-corrected chi connectivity index (χ4v) is 5.01. The highest BCUT2D eigenvalue weighted by atomic mass is 16.5. The molecule has 2 aliphatic heterocycles. The number of aryl methyl sites for hydroxylation is 1. The van der Waals surface area contributed by atoms with E-state index in [1.54, 1.807) is 7.11 Å². The standard InChI is InChI=1S/C27H36N2O3/c1-29-16-11-23(12-17-29)28-26(30)27(14-18-32-19-15-27)13-10-21-6-5-7-22(20-21)24-8-3-4-9-25(24)31-2/h3-9,20,23H,10-19H2,1-2H3,(H,28,30). The van der Waals surface area contributed by atoms with Crippen LogP contribution in [0.3, 0.4) is 0 Å². The topological polar surface area (TPSA) is 50.8 Å². The quantitative estimate of drug-likeness (QED) is 0.703. The fraction of sp³-hybridized carbons (Fsp3) is 0.519. The third kappa shape index (κ3) is 5.33. The predicted octanol–water partition coefficient (Wildman–Crippen LogP) is 4.30. The van der Waals surface area contributed by atoms with Crippen LogP contribution in [0.5, 0.6) is 5.75 Å². The molecule has 5 heteroatoms. The van der Waals surface area contributed by atoms with E-state index in [4.69, 9.17) is 9.47 Å². The molecule has 2 fully saturated rings. The summed E-state index contributed by atoms with van der Waals surface area (Å²) in [6.45, 7) is 3.44. The summed E-state index contributed by atoms with van der Waals surface area (Å²) in [6.07, 6.45) is 5.41. The number of ether oxygens (including phenoxy) is 2. The molecule has 4 rings (SSSR count). The van der Waals surface area contributed by atoms with Crippen molar-refractivity contribution in [3.63, 3.8) is 0 Å². The van der Waals surface area contributed by atoms with Gasteiger partial charge in [-0.3, -0.25) is 4.79 Å². The first-order valence-electron chi connectivity index (χ1n) is 11.9. The van der Waals surface area contributed by atoms with Crippen molar-refractivity contribution in [1.82, 2.24) is 10.2 Å². The third-order valence-electron chi connectivity index (χ3n) is 7.22. The maximum Gasteiger partial charge on any atom is 0.226 e. The van der Waals surface area contributed by atoms with E-state index in [9.17, 15) is 4.79 Å². The van der Waals surface area contributed by atoms with Crippen LogP contribution in [0.4, 0.5) is 0 Å². The maximum atomic E-state index is 13.5. The van der Waals surface area contributed by atoms with Crippen LogP contribution in [0.2, 0.25) is 0 Å². The first-order chi connectivity index (χ1) is 15.6. The van der Waals surface area contributed by atoms with E-state index in [0.29, 0.717) is 19.3 Å². The minimum Gasteiger partial charge on any atom is -0.496 e. The molecule has 0 spiro atoms. The molecule has 5 nitrogen and oxygen atoms in total. The predicted molar refractivity (Wildman–Crippen MR) is 128 cm³/mol. The first-order valence-corrected chi connectivity index (χ1v) is 11.9. The van der Waals surface area contributed by atoms with Gasteiger partial charge in [-0.1, -0.05) is 42.5 Å². The lowest BCUT2D eigenvalue weighted by Crippen LogP contribution is -2.51. The second kappa shape index (κ2) is 10.5. The molecule has 0 unspecified atom stereocenters. The van der Waals surface area contributed by atoms with Crippen molar-refractivity contribution in [1.29, 1.82) is 0 Å². The summed E-state index contributed by atoms with van der Waals surface area (Å²) in [5, 5.41) is 3.40. The zero-order valence-electron chi connectivity index (χ0n) is 19.4. The molecule has 2 aliphatic rings. The number of hydrogen-bond donors (Lipinski definition) is 1. The molecular formula is C27H36N2O3. The Kier molecular flexibility index (Phi) is 7.48. The Morgan fingerprint density at radius 1 is 1.12 bits per heavy atom. The van der Waals surface area contributed by atoms with Gasteiger partial charge in [0.2, 0.25) is 5.91 Å². The van der Waals surface area contributed by atoms with Crippen LogP contribution in [0.1, 0.15) is 37.7 Å². The summed E-state index contributed by atoms with van der Waals surface area (Å²) < 4.78 is 11.2. The number of likely N-dealkylation sites (tertiary alicyclic amines) is 1. The van der Waals surface area contributed by atoms with E-state index in [1.807, 2.05) is 18.2 Å². The van der Waals surface area contributed by atoms with Crippen LogP contribution in [0.25, 0.3) is 11.1 Å². The van der Waals surface area contributed by atoms with Gasteiger partial charge in [-0.2, -0.15) is 0 Å². The number of nitrogens with one attached hydrogen (secondary N) is 1. The molecule has 2 aromatic carbocycles. The molecule has 0 aromatic heterocycles.